The number of anilines is 2. The number of benzene rings is 1. The molecule has 0 fully saturated rings. The first-order chi connectivity index (χ1) is 12.1. The van der Waals surface area contributed by atoms with Crippen molar-refractivity contribution >= 4 is 17.7 Å². The highest BCUT2D eigenvalue weighted by Crippen LogP contribution is 2.34. The number of ether oxygens (including phenoxy) is 2. The first kappa shape index (κ1) is 15.0. The standard InChI is InChI=1S/C15H14N6O4/c1-8-5-10(20-21(8)2)13-18-19-15(25-13)17-14(22)16-9-3-4-11-12(6-9)24-7-23-11/h3-6H,7H2,1-2H3,(H2,16,17,19,22). The maximum absolute atomic E-state index is 12.0. The summed E-state index contributed by atoms with van der Waals surface area (Å²) in [5.74, 6) is 1.43. The first-order valence-electron chi connectivity index (χ1n) is 7.40. The molecule has 0 unspecified atom stereocenters. The Labute approximate surface area is 141 Å². The molecule has 25 heavy (non-hydrogen) atoms. The van der Waals surface area contributed by atoms with Gasteiger partial charge in [-0.2, -0.15) is 5.10 Å². The number of aryl methyl sites for hydroxylation is 2. The molecule has 0 bridgehead atoms. The Balaban J connectivity index is 1.43. The molecule has 3 aromatic rings. The Kier molecular flexibility index (Phi) is 3.49. The van der Waals surface area contributed by atoms with E-state index in [0.29, 0.717) is 22.9 Å². The largest absolute Gasteiger partial charge is 0.454 e. The molecule has 0 radical (unpaired) electrons. The highest BCUT2D eigenvalue weighted by molar-refractivity contribution is 5.98. The van der Waals surface area contributed by atoms with Crippen LogP contribution in [0.15, 0.2) is 28.7 Å². The van der Waals surface area contributed by atoms with E-state index in [-0.39, 0.29) is 18.7 Å². The summed E-state index contributed by atoms with van der Waals surface area (Å²) >= 11 is 0. The number of rotatable bonds is 3. The number of aromatic nitrogens is 4. The third-order valence-electron chi connectivity index (χ3n) is 3.61. The number of fused-ring (bicyclic) bond motifs is 1. The van der Waals surface area contributed by atoms with E-state index in [1.807, 2.05) is 20.0 Å². The van der Waals surface area contributed by atoms with Gasteiger partial charge >= 0.3 is 12.0 Å². The van der Waals surface area contributed by atoms with Gasteiger partial charge in [-0.1, -0.05) is 5.10 Å². The van der Waals surface area contributed by atoms with Crippen molar-refractivity contribution in [2.45, 2.75) is 6.92 Å². The summed E-state index contributed by atoms with van der Waals surface area (Å²) in [4.78, 5) is 12.0. The molecule has 128 valence electrons. The van der Waals surface area contributed by atoms with Crippen LogP contribution in [0, 0.1) is 6.92 Å². The van der Waals surface area contributed by atoms with Gasteiger partial charge in [-0.3, -0.25) is 10.00 Å². The van der Waals surface area contributed by atoms with Crippen LogP contribution < -0.4 is 20.1 Å². The van der Waals surface area contributed by atoms with Crippen LogP contribution in [0.5, 0.6) is 11.5 Å². The summed E-state index contributed by atoms with van der Waals surface area (Å²) in [6.45, 7) is 2.08. The van der Waals surface area contributed by atoms with Crippen LogP contribution in [-0.4, -0.2) is 32.8 Å². The van der Waals surface area contributed by atoms with E-state index in [9.17, 15) is 4.79 Å². The lowest BCUT2D eigenvalue weighted by Gasteiger charge is -2.05. The van der Waals surface area contributed by atoms with E-state index in [2.05, 4.69) is 25.9 Å². The maximum Gasteiger partial charge on any atom is 0.327 e. The zero-order valence-electron chi connectivity index (χ0n) is 13.4. The molecular formula is C15H14N6O4. The van der Waals surface area contributed by atoms with Gasteiger partial charge in [-0.25, -0.2) is 4.79 Å². The lowest BCUT2D eigenvalue weighted by atomic mass is 10.3. The van der Waals surface area contributed by atoms with Crippen molar-refractivity contribution < 1.29 is 18.7 Å². The quantitative estimate of drug-likeness (QED) is 0.749. The third kappa shape index (κ3) is 2.96. The van der Waals surface area contributed by atoms with Gasteiger partial charge in [0, 0.05) is 24.5 Å². The molecule has 0 spiro atoms. The fourth-order valence-electron chi connectivity index (χ4n) is 2.28. The minimum absolute atomic E-state index is 0.0310. The van der Waals surface area contributed by atoms with E-state index < -0.39 is 6.03 Å². The lowest BCUT2D eigenvalue weighted by Crippen LogP contribution is -2.19. The lowest BCUT2D eigenvalue weighted by molar-refractivity contribution is 0.174. The van der Waals surface area contributed by atoms with Gasteiger partial charge in [0.05, 0.1) is 0 Å². The average molecular weight is 342 g/mol. The normalized spacial score (nSPS) is 12.2. The fraction of sp³-hybridized carbons (Fsp3) is 0.200. The van der Waals surface area contributed by atoms with Crippen molar-refractivity contribution in [2.24, 2.45) is 7.05 Å². The van der Waals surface area contributed by atoms with Crippen LogP contribution in [0.2, 0.25) is 0 Å². The van der Waals surface area contributed by atoms with E-state index in [1.165, 1.54) is 0 Å². The summed E-state index contributed by atoms with van der Waals surface area (Å²) in [5, 5.41) is 17.0. The van der Waals surface area contributed by atoms with E-state index in [1.54, 1.807) is 22.9 Å². The predicted octanol–water partition coefficient (Wildman–Crippen LogP) is 2.15. The maximum atomic E-state index is 12.0. The van der Waals surface area contributed by atoms with E-state index in [0.717, 1.165) is 5.69 Å². The smallest absolute Gasteiger partial charge is 0.327 e. The van der Waals surface area contributed by atoms with Crippen molar-refractivity contribution in [3.05, 3.63) is 30.0 Å². The topological polar surface area (TPSA) is 116 Å². The van der Waals surface area contributed by atoms with Gasteiger partial charge in [0.25, 0.3) is 5.89 Å². The molecule has 0 atom stereocenters. The second-order valence-corrected chi connectivity index (χ2v) is 5.35. The van der Waals surface area contributed by atoms with Gasteiger partial charge < -0.3 is 19.2 Å². The van der Waals surface area contributed by atoms with Gasteiger partial charge in [0.1, 0.15) is 5.69 Å². The van der Waals surface area contributed by atoms with Gasteiger partial charge in [-0.05, 0) is 25.1 Å². The number of hydrogen-bond donors (Lipinski definition) is 2. The van der Waals surface area contributed by atoms with Gasteiger partial charge in [-0.15, -0.1) is 5.10 Å². The molecule has 0 saturated carbocycles. The second-order valence-electron chi connectivity index (χ2n) is 5.35. The Hall–Kier alpha value is -3.56. The van der Waals surface area contributed by atoms with Crippen molar-refractivity contribution in [3.63, 3.8) is 0 Å². The molecule has 1 aliphatic rings. The van der Waals surface area contributed by atoms with Gasteiger partial charge in [0.2, 0.25) is 6.79 Å². The van der Waals surface area contributed by atoms with Crippen LogP contribution in [0.25, 0.3) is 11.6 Å². The van der Waals surface area contributed by atoms with Gasteiger partial charge in [0.15, 0.2) is 11.5 Å². The summed E-state index contributed by atoms with van der Waals surface area (Å²) in [6, 6.07) is 6.33. The molecule has 1 aliphatic heterocycles. The van der Waals surface area contributed by atoms with Crippen LogP contribution >= 0.6 is 0 Å². The average Bonchev–Trinajstić information content (AvgIpc) is 3.28. The summed E-state index contributed by atoms with van der Waals surface area (Å²) < 4.78 is 17.6. The predicted molar refractivity (Wildman–Crippen MR) is 86.4 cm³/mol. The van der Waals surface area contributed by atoms with Crippen LogP contribution in [0.1, 0.15) is 5.69 Å². The summed E-state index contributed by atoms with van der Waals surface area (Å²) in [6.07, 6.45) is 0. The highest BCUT2D eigenvalue weighted by atomic mass is 16.7. The summed E-state index contributed by atoms with van der Waals surface area (Å²) in [7, 11) is 1.81. The number of nitrogens with one attached hydrogen (secondary N) is 2. The number of nitrogens with zero attached hydrogens (tertiary/aromatic N) is 4. The number of hydrogen-bond acceptors (Lipinski definition) is 7. The summed E-state index contributed by atoms with van der Waals surface area (Å²) in [5.41, 5.74) is 2.03. The molecule has 2 aromatic heterocycles. The van der Waals surface area contributed by atoms with E-state index in [4.69, 9.17) is 13.9 Å². The minimum atomic E-state index is -0.522. The minimum Gasteiger partial charge on any atom is -0.454 e. The fourth-order valence-corrected chi connectivity index (χ4v) is 2.28. The van der Waals surface area contributed by atoms with Crippen molar-refractivity contribution in [3.8, 4) is 23.1 Å². The van der Waals surface area contributed by atoms with Crippen LogP contribution in [0.4, 0.5) is 16.5 Å². The highest BCUT2D eigenvalue weighted by Gasteiger charge is 2.16. The molecule has 0 saturated heterocycles. The SMILES string of the molecule is Cc1cc(-c2nnc(NC(=O)Nc3ccc4c(c3)OCO4)o2)nn1C. The van der Waals surface area contributed by atoms with Crippen molar-refractivity contribution in [1.29, 1.82) is 0 Å². The monoisotopic (exact) mass is 342 g/mol. The molecule has 10 nitrogen and oxygen atoms in total. The zero-order valence-corrected chi connectivity index (χ0v) is 13.4. The van der Waals surface area contributed by atoms with Crippen molar-refractivity contribution in [1.82, 2.24) is 20.0 Å². The number of amides is 2. The Morgan fingerprint density at radius 2 is 2.00 bits per heavy atom. The van der Waals surface area contributed by atoms with Crippen molar-refractivity contribution in [2.75, 3.05) is 17.4 Å². The molecule has 1 aromatic carbocycles. The molecule has 10 heteroatoms. The van der Waals surface area contributed by atoms with E-state index >= 15 is 0 Å². The molecular weight excluding hydrogens is 328 g/mol. The molecule has 2 amide bonds. The van der Waals surface area contributed by atoms with Crippen LogP contribution in [0.3, 0.4) is 0 Å². The second kappa shape index (κ2) is 5.82. The Bertz CT molecular complexity index is 928. The zero-order chi connectivity index (χ0) is 17.4. The number of carbonyl (C=O) groups excluding carboxylic acids is 1. The Morgan fingerprint density at radius 1 is 1.16 bits per heavy atom. The number of carbonyl (C=O) groups is 1. The number of urea groups is 1. The third-order valence-corrected chi connectivity index (χ3v) is 3.61. The molecule has 4 rings (SSSR count). The van der Waals surface area contributed by atoms with Crippen LogP contribution in [-0.2, 0) is 7.05 Å². The molecule has 3 heterocycles. The molecule has 0 aliphatic carbocycles. The molecule has 2 N–H and O–H groups in total. The Morgan fingerprint density at radius 3 is 2.80 bits per heavy atom. The first-order valence-corrected chi connectivity index (χ1v) is 7.40.